The molecule has 0 atom stereocenters. The Balaban J connectivity index is 1.94. The molecule has 3 N–H and O–H groups in total. The Morgan fingerprint density at radius 1 is 1.30 bits per heavy atom. The second kappa shape index (κ2) is 6.81. The molecule has 0 aromatic heterocycles. The predicted molar refractivity (Wildman–Crippen MR) is 89.1 cm³/mol. The van der Waals surface area contributed by atoms with Crippen LogP contribution in [-0.2, 0) is 4.79 Å². The molecule has 104 valence electrons. The quantitative estimate of drug-likeness (QED) is 0.645. The number of nitrogens with one attached hydrogen (secondary N) is 1. The molecule has 1 amide bonds. The zero-order valence-corrected chi connectivity index (χ0v) is 13.4. The lowest BCUT2D eigenvalue weighted by molar-refractivity contribution is -0.113. The van der Waals surface area contributed by atoms with Gasteiger partial charge in [-0.25, -0.2) is 0 Å². The van der Waals surface area contributed by atoms with Gasteiger partial charge in [0.15, 0.2) is 0 Å². The van der Waals surface area contributed by atoms with Crippen LogP contribution in [0.1, 0.15) is 5.56 Å². The Hall–Kier alpha value is -1.46. The number of halogens is 1. The number of carbonyl (C=O) groups is 1. The highest BCUT2D eigenvalue weighted by molar-refractivity contribution is 9.10. The lowest BCUT2D eigenvalue weighted by atomic mass is 10.2. The van der Waals surface area contributed by atoms with Crippen molar-refractivity contribution in [3.8, 4) is 0 Å². The van der Waals surface area contributed by atoms with E-state index in [1.54, 1.807) is 0 Å². The number of nitrogen functional groups attached to an aromatic ring is 1. The molecule has 0 radical (unpaired) electrons. The van der Waals surface area contributed by atoms with Crippen LogP contribution in [-0.4, -0.2) is 11.7 Å². The summed E-state index contributed by atoms with van der Waals surface area (Å²) in [6.07, 6.45) is 0. The molecule has 2 aromatic carbocycles. The summed E-state index contributed by atoms with van der Waals surface area (Å²) in [7, 11) is 0. The first-order valence-corrected chi connectivity index (χ1v) is 7.87. The molecule has 0 saturated carbocycles. The summed E-state index contributed by atoms with van der Waals surface area (Å²) in [5, 5.41) is 2.91. The van der Waals surface area contributed by atoms with E-state index < -0.39 is 0 Å². The first-order valence-electron chi connectivity index (χ1n) is 6.09. The average molecular weight is 351 g/mol. The van der Waals surface area contributed by atoms with E-state index >= 15 is 0 Å². The van der Waals surface area contributed by atoms with Crippen LogP contribution < -0.4 is 11.1 Å². The largest absolute Gasteiger partial charge is 0.399 e. The number of hydrogen-bond donors (Lipinski definition) is 2. The van der Waals surface area contributed by atoms with E-state index in [4.69, 9.17) is 5.73 Å². The molecule has 2 aromatic rings. The summed E-state index contributed by atoms with van der Waals surface area (Å²) in [6.45, 7) is 1.97. The highest BCUT2D eigenvalue weighted by Crippen LogP contribution is 2.29. The molecule has 0 bridgehead atoms. The third-order valence-corrected chi connectivity index (χ3v) is 4.73. The van der Waals surface area contributed by atoms with E-state index in [2.05, 4.69) is 21.2 Å². The summed E-state index contributed by atoms with van der Waals surface area (Å²) in [5.41, 5.74) is 8.29. The summed E-state index contributed by atoms with van der Waals surface area (Å²) < 4.78 is 0.909. The van der Waals surface area contributed by atoms with E-state index in [-0.39, 0.29) is 5.91 Å². The van der Waals surface area contributed by atoms with E-state index in [9.17, 15) is 4.79 Å². The van der Waals surface area contributed by atoms with Crippen molar-refractivity contribution in [2.75, 3.05) is 16.8 Å². The van der Waals surface area contributed by atoms with Gasteiger partial charge in [0.2, 0.25) is 5.91 Å². The van der Waals surface area contributed by atoms with Gasteiger partial charge < -0.3 is 11.1 Å². The molecule has 0 fully saturated rings. The van der Waals surface area contributed by atoms with Gasteiger partial charge in [0.05, 0.1) is 5.75 Å². The number of anilines is 2. The second-order valence-electron chi connectivity index (χ2n) is 4.34. The maximum absolute atomic E-state index is 11.9. The molecule has 20 heavy (non-hydrogen) atoms. The molecule has 0 unspecified atom stereocenters. The number of hydrogen-bond acceptors (Lipinski definition) is 3. The number of aryl methyl sites for hydroxylation is 1. The summed E-state index contributed by atoms with van der Waals surface area (Å²) >= 11 is 4.92. The van der Waals surface area contributed by atoms with Crippen molar-refractivity contribution in [2.45, 2.75) is 11.8 Å². The molecule has 5 heteroatoms. The molecular formula is C15H15BrN2OS. The van der Waals surface area contributed by atoms with Gasteiger partial charge in [-0.05, 0) is 52.7 Å². The minimum Gasteiger partial charge on any atom is -0.399 e. The fourth-order valence-corrected chi connectivity index (χ4v) is 3.14. The molecule has 3 nitrogen and oxygen atoms in total. The van der Waals surface area contributed by atoms with Gasteiger partial charge in [-0.15, -0.1) is 11.8 Å². The number of carbonyl (C=O) groups excluding carboxylic acids is 1. The van der Waals surface area contributed by atoms with Crippen molar-refractivity contribution >= 4 is 45.0 Å². The molecule has 0 aliphatic rings. The lowest BCUT2D eigenvalue weighted by Gasteiger charge is -2.08. The monoisotopic (exact) mass is 350 g/mol. The highest BCUT2D eigenvalue weighted by Gasteiger charge is 2.07. The maximum atomic E-state index is 11.9. The van der Waals surface area contributed by atoms with Crippen molar-refractivity contribution in [1.29, 1.82) is 0 Å². The minimum absolute atomic E-state index is 0.0203. The normalized spacial score (nSPS) is 10.3. The Morgan fingerprint density at radius 2 is 2.05 bits per heavy atom. The van der Waals surface area contributed by atoms with Gasteiger partial charge in [-0.3, -0.25) is 4.79 Å². The standard InChI is InChI=1S/C15H15BrN2OS/c1-10-4-2-3-5-13(10)18-15(19)9-20-14-7-6-11(17)8-12(14)16/h2-8H,9,17H2,1H3,(H,18,19). The smallest absolute Gasteiger partial charge is 0.234 e. The molecular weight excluding hydrogens is 336 g/mol. The van der Waals surface area contributed by atoms with Crippen molar-refractivity contribution in [1.82, 2.24) is 0 Å². The van der Waals surface area contributed by atoms with Crippen LogP contribution in [0.3, 0.4) is 0 Å². The zero-order valence-electron chi connectivity index (χ0n) is 11.0. The Labute approximate surface area is 131 Å². The number of nitrogens with two attached hydrogens (primary N) is 1. The lowest BCUT2D eigenvalue weighted by Crippen LogP contribution is -2.14. The van der Waals surface area contributed by atoms with Gasteiger partial charge >= 0.3 is 0 Å². The average Bonchev–Trinajstić information content (AvgIpc) is 2.40. The third kappa shape index (κ3) is 4.02. The topological polar surface area (TPSA) is 55.1 Å². The van der Waals surface area contributed by atoms with Crippen LogP contribution in [0.15, 0.2) is 51.8 Å². The van der Waals surface area contributed by atoms with Gasteiger partial charge in [-0.2, -0.15) is 0 Å². The van der Waals surface area contributed by atoms with Crippen LogP contribution in [0.25, 0.3) is 0 Å². The van der Waals surface area contributed by atoms with Gasteiger partial charge in [-0.1, -0.05) is 18.2 Å². The molecule has 0 heterocycles. The van der Waals surface area contributed by atoms with Crippen LogP contribution in [0.2, 0.25) is 0 Å². The molecule has 2 rings (SSSR count). The Bertz CT molecular complexity index is 631. The van der Waals surface area contributed by atoms with Crippen molar-refractivity contribution < 1.29 is 4.79 Å². The summed E-state index contributed by atoms with van der Waals surface area (Å²) in [6, 6.07) is 13.3. The van der Waals surface area contributed by atoms with Gasteiger partial charge in [0, 0.05) is 20.7 Å². The van der Waals surface area contributed by atoms with Gasteiger partial charge in [0.1, 0.15) is 0 Å². The van der Waals surface area contributed by atoms with Crippen molar-refractivity contribution in [2.24, 2.45) is 0 Å². The Kier molecular flexibility index (Phi) is 5.09. The van der Waals surface area contributed by atoms with Crippen LogP contribution in [0.4, 0.5) is 11.4 Å². The van der Waals surface area contributed by atoms with Crippen LogP contribution >= 0.6 is 27.7 Å². The summed E-state index contributed by atoms with van der Waals surface area (Å²) in [5.74, 6) is 0.338. The first kappa shape index (κ1) is 14.9. The fourth-order valence-electron chi connectivity index (χ4n) is 1.68. The van der Waals surface area contributed by atoms with Crippen molar-refractivity contribution in [3.63, 3.8) is 0 Å². The predicted octanol–water partition coefficient (Wildman–Crippen LogP) is 4.07. The van der Waals surface area contributed by atoms with Crippen LogP contribution in [0.5, 0.6) is 0 Å². The molecule has 0 saturated heterocycles. The number of thioether (sulfide) groups is 1. The van der Waals surface area contributed by atoms with Crippen LogP contribution in [0, 0.1) is 6.92 Å². The highest BCUT2D eigenvalue weighted by atomic mass is 79.9. The van der Waals surface area contributed by atoms with E-state index in [1.807, 2.05) is 49.4 Å². The molecule has 0 aliphatic heterocycles. The van der Waals surface area contributed by atoms with Crippen molar-refractivity contribution in [3.05, 3.63) is 52.5 Å². The second-order valence-corrected chi connectivity index (χ2v) is 6.21. The maximum Gasteiger partial charge on any atom is 0.234 e. The molecule has 0 aliphatic carbocycles. The third-order valence-electron chi connectivity index (χ3n) is 2.73. The number of rotatable bonds is 4. The first-order chi connectivity index (χ1) is 9.56. The zero-order chi connectivity index (χ0) is 14.5. The number of amides is 1. The Morgan fingerprint density at radius 3 is 2.75 bits per heavy atom. The van der Waals surface area contributed by atoms with E-state index in [1.165, 1.54) is 11.8 Å². The van der Waals surface area contributed by atoms with E-state index in [0.29, 0.717) is 11.4 Å². The number of para-hydroxylation sites is 1. The number of benzene rings is 2. The SMILES string of the molecule is Cc1ccccc1NC(=O)CSc1ccc(N)cc1Br. The minimum atomic E-state index is -0.0203. The fraction of sp³-hybridized carbons (Fsp3) is 0.133. The molecule has 0 spiro atoms. The van der Waals surface area contributed by atoms with Gasteiger partial charge in [0.25, 0.3) is 0 Å². The summed E-state index contributed by atoms with van der Waals surface area (Å²) in [4.78, 5) is 12.9. The van der Waals surface area contributed by atoms with E-state index in [0.717, 1.165) is 20.6 Å².